The molecule has 2 heterocycles. The van der Waals surface area contributed by atoms with Crippen LogP contribution in [0.3, 0.4) is 0 Å². The molecule has 0 spiro atoms. The lowest BCUT2D eigenvalue weighted by atomic mass is 10.1. The Labute approximate surface area is 166 Å². The van der Waals surface area contributed by atoms with E-state index >= 15 is 0 Å². The zero-order valence-corrected chi connectivity index (χ0v) is 16.4. The summed E-state index contributed by atoms with van der Waals surface area (Å²) in [5.41, 5.74) is 1.78. The minimum Gasteiger partial charge on any atom is -0.459 e. The van der Waals surface area contributed by atoms with Crippen molar-refractivity contribution in [1.82, 2.24) is 15.5 Å². The van der Waals surface area contributed by atoms with Gasteiger partial charge in [-0.05, 0) is 55.8 Å². The average Bonchev–Trinajstić information content (AvgIpc) is 3.27. The summed E-state index contributed by atoms with van der Waals surface area (Å²) in [4.78, 5) is 18.9. The summed E-state index contributed by atoms with van der Waals surface area (Å²) < 4.78 is 5.12. The molecule has 1 saturated heterocycles. The van der Waals surface area contributed by atoms with Crippen molar-refractivity contribution in [1.29, 1.82) is 0 Å². The zero-order chi connectivity index (χ0) is 19.6. The van der Waals surface area contributed by atoms with Gasteiger partial charge in [0.1, 0.15) is 0 Å². The normalized spacial score (nSPS) is 15.2. The van der Waals surface area contributed by atoms with Crippen molar-refractivity contribution in [2.24, 2.45) is 4.99 Å². The Hall–Kier alpha value is -2.80. The standard InChI is InChI=1S/C21H29N5O2/c1-22-21(23-10-13-26-11-3-2-4-12-26)24-16-17-7-5-8-18(15-17)25-20(27)19-9-6-14-28-19/h5-9,14-15H,2-4,10-13,16H2,1H3,(H,25,27)(H2,22,23,24). The third-order valence-electron chi connectivity index (χ3n) is 4.78. The minimum atomic E-state index is -0.259. The van der Waals surface area contributed by atoms with E-state index in [1.54, 1.807) is 19.2 Å². The fourth-order valence-electron chi connectivity index (χ4n) is 3.28. The van der Waals surface area contributed by atoms with Crippen LogP contribution >= 0.6 is 0 Å². The molecule has 0 atom stereocenters. The first-order chi connectivity index (χ1) is 13.7. The van der Waals surface area contributed by atoms with Crippen molar-refractivity contribution in [3.8, 4) is 0 Å². The first-order valence-corrected chi connectivity index (χ1v) is 9.85. The van der Waals surface area contributed by atoms with Crippen molar-refractivity contribution in [2.45, 2.75) is 25.8 Å². The molecule has 150 valence electrons. The highest BCUT2D eigenvalue weighted by molar-refractivity contribution is 6.02. The molecule has 0 bridgehead atoms. The number of hydrogen-bond donors (Lipinski definition) is 3. The summed E-state index contributed by atoms with van der Waals surface area (Å²) in [5.74, 6) is 0.814. The van der Waals surface area contributed by atoms with Crippen LogP contribution in [0, 0.1) is 0 Å². The maximum atomic E-state index is 12.1. The smallest absolute Gasteiger partial charge is 0.291 e. The van der Waals surface area contributed by atoms with Crippen LogP contribution in [0.5, 0.6) is 0 Å². The van der Waals surface area contributed by atoms with E-state index < -0.39 is 0 Å². The van der Waals surface area contributed by atoms with Crippen molar-refractivity contribution in [2.75, 3.05) is 38.5 Å². The molecule has 7 nitrogen and oxygen atoms in total. The average molecular weight is 383 g/mol. The third kappa shape index (κ3) is 6.13. The van der Waals surface area contributed by atoms with Crippen LogP contribution in [0.1, 0.15) is 35.4 Å². The van der Waals surface area contributed by atoms with Crippen LogP contribution in [-0.4, -0.2) is 50.0 Å². The van der Waals surface area contributed by atoms with Gasteiger partial charge in [-0.3, -0.25) is 9.79 Å². The van der Waals surface area contributed by atoms with E-state index in [-0.39, 0.29) is 5.91 Å². The van der Waals surface area contributed by atoms with Gasteiger partial charge in [0, 0.05) is 32.4 Å². The van der Waals surface area contributed by atoms with Gasteiger partial charge < -0.3 is 25.3 Å². The molecule has 1 fully saturated rings. The number of nitrogens with zero attached hydrogens (tertiary/aromatic N) is 2. The summed E-state index contributed by atoms with van der Waals surface area (Å²) in [6.07, 6.45) is 5.45. The molecule has 28 heavy (non-hydrogen) atoms. The molecule has 0 aliphatic carbocycles. The van der Waals surface area contributed by atoms with Crippen LogP contribution in [0.25, 0.3) is 0 Å². The second-order valence-corrected chi connectivity index (χ2v) is 6.89. The summed E-state index contributed by atoms with van der Waals surface area (Å²) >= 11 is 0. The van der Waals surface area contributed by atoms with Crippen LogP contribution in [0.15, 0.2) is 52.1 Å². The predicted molar refractivity (Wildman–Crippen MR) is 112 cm³/mol. The van der Waals surface area contributed by atoms with E-state index in [9.17, 15) is 4.79 Å². The number of carbonyl (C=O) groups excluding carboxylic acids is 1. The fourth-order valence-corrected chi connectivity index (χ4v) is 3.28. The van der Waals surface area contributed by atoms with Gasteiger partial charge in [0.05, 0.1) is 6.26 Å². The number of guanidine groups is 1. The number of amides is 1. The van der Waals surface area contributed by atoms with Crippen molar-refractivity contribution < 1.29 is 9.21 Å². The largest absolute Gasteiger partial charge is 0.459 e. The minimum absolute atomic E-state index is 0.259. The van der Waals surface area contributed by atoms with Crippen LogP contribution in [0.4, 0.5) is 5.69 Å². The number of piperidine rings is 1. The molecule has 1 aromatic heterocycles. The van der Waals surface area contributed by atoms with Crippen molar-refractivity contribution in [3.05, 3.63) is 54.0 Å². The molecule has 7 heteroatoms. The molecule has 2 aromatic rings. The second-order valence-electron chi connectivity index (χ2n) is 6.89. The lowest BCUT2D eigenvalue weighted by molar-refractivity contribution is 0.0996. The molecule has 3 rings (SSSR count). The monoisotopic (exact) mass is 383 g/mol. The number of hydrogen-bond acceptors (Lipinski definition) is 4. The Kier molecular flexibility index (Phi) is 7.49. The fraction of sp³-hybridized carbons (Fsp3) is 0.429. The first kappa shape index (κ1) is 19.9. The Bertz CT molecular complexity index is 767. The first-order valence-electron chi connectivity index (χ1n) is 9.85. The summed E-state index contributed by atoms with van der Waals surface area (Å²) in [5, 5.41) is 9.53. The molecule has 1 aliphatic rings. The highest BCUT2D eigenvalue weighted by Crippen LogP contribution is 2.12. The van der Waals surface area contributed by atoms with E-state index in [1.807, 2.05) is 24.3 Å². The molecule has 1 amide bonds. The van der Waals surface area contributed by atoms with E-state index in [1.165, 1.54) is 38.6 Å². The summed E-state index contributed by atoms with van der Waals surface area (Å²) in [7, 11) is 1.77. The Morgan fingerprint density at radius 1 is 1.14 bits per heavy atom. The maximum absolute atomic E-state index is 12.1. The van der Waals surface area contributed by atoms with Gasteiger partial charge in [-0.25, -0.2) is 0 Å². The highest BCUT2D eigenvalue weighted by atomic mass is 16.3. The second kappa shape index (κ2) is 10.5. The van der Waals surface area contributed by atoms with E-state index in [4.69, 9.17) is 4.42 Å². The third-order valence-corrected chi connectivity index (χ3v) is 4.78. The van der Waals surface area contributed by atoms with Gasteiger partial charge in [0.15, 0.2) is 11.7 Å². The SMILES string of the molecule is CN=C(NCCN1CCCCC1)NCc1cccc(NC(=O)c2ccco2)c1. The maximum Gasteiger partial charge on any atom is 0.291 e. The Balaban J connectivity index is 1.44. The molecule has 0 radical (unpaired) electrons. The van der Waals surface area contributed by atoms with Gasteiger partial charge in [-0.2, -0.15) is 0 Å². The van der Waals surface area contributed by atoms with Gasteiger partial charge in [0.2, 0.25) is 0 Å². The number of carbonyl (C=O) groups is 1. The van der Waals surface area contributed by atoms with Crippen molar-refractivity contribution in [3.63, 3.8) is 0 Å². The number of rotatable bonds is 7. The van der Waals surface area contributed by atoms with Crippen LogP contribution < -0.4 is 16.0 Å². The van der Waals surface area contributed by atoms with E-state index in [2.05, 4.69) is 25.8 Å². The number of furan rings is 1. The Morgan fingerprint density at radius 3 is 2.75 bits per heavy atom. The molecule has 1 aliphatic heterocycles. The van der Waals surface area contributed by atoms with Gasteiger partial charge in [-0.15, -0.1) is 0 Å². The van der Waals surface area contributed by atoms with Gasteiger partial charge >= 0.3 is 0 Å². The lowest BCUT2D eigenvalue weighted by Gasteiger charge is -2.26. The van der Waals surface area contributed by atoms with Gasteiger partial charge in [0.25, 0.3) is 5.91 Å². The van der Waals surface area contributed by atoms with E-state index in [0.29, 0.717) is 12.3 Å². The van der Waals surface area contributed by atoms with E-state index in [0.717, 1.165) is 30.3 Å². The summed E-state index contributed by atoms with van der Waals surface area (Å²) in [6, 6.07) is 11.1. The quantitative estimate of drug-likeness (QED) is 0.506. The van der Waals surface area contributed by atoms with Crippen LogP contribution in [-0.2, 0) is 6.54 Å². The number of likely N-dealkylation sites (tertiary alicyclic amines) is 1. The number of nitrogens with one attached hydrogen (secondary N) is 3. The number of anilines is 1. The summed E-state index contributed by atoms with van der Waals surface area (Å²) in [6.45, 7) is 4.93. The van der Waals surface area contributed by atoms with Crippen LogP contribution in [0.2, 0.25) is 0 Å². The molecule has 0 saturated carbocycles. The number of benzene rings is 1. The molecule has 3 N–H and O–H groups in total. The van der Waals surface area contributed by atoms with Crippen molar-refractivity contribution >= 4 is 17.6 Å². The predicted octanol–water partition coefficient (Wildman–Crippen LogP) is 2.68. The molecule has 1 aromatic carbocycles. The molecule has 0 unspecified atom stereocenters. The van der Waals surface area contributed by atoms with Gasteiger partial charge in [-0.1, -0.05) is 18.6 Å². The Morgan fingerprint density at radius 2 is 2.00 bits per heavy atom. The lowest BCUT2D eigenvalue weighted by Crippen LogP contribution is -2.42. The topological polar surface area (TPSA) is 81.9 Å². The highest BCUT2D eigenvalue weighted by Gasteiger charge is 2.10. The number of aliphatic imine (C=N–C) groups is 1. The molecular weight excluding hydrogens is 354 g/mol. The zero-order valence-electron chi connectivity index (χ0n) is 16.4. The molecular formula is C21H29N5O2.